The lowest BCUT2D eigenvalue weighted by molar-refractivity contribution is -0.0177. The predicted octanol–water partition coefficient (Wildman–Crippen LogP) is 5.15. The maximum absolute atomic E-state index is 14.5. The van der Waals surface area contributed by atoms with Gasteiger partial charge in [-0.15, -0.1) is 0 Å². The van der Waals surface area contributed by atoms with E-state index in [1.165, 1.54) is 25.3 Å². The smallest absolute Gasteiger partial charge is 0.261 e. The normalized spacial score (nSPS) is 20.8. The number of benzene rings is 3. The molecule has 2 N–H and O–H groups in total. The van der Waals surface area contributed by atoms with Crippen LogP contribution in [0.1, 0.15) is 56.0 Å². The number of hydrogen-bond acceptors (Lipinski definition) is 10. The molecule has 0 fully saturated rings. The third kappa shape index (κ3) is 9.39. The number of hydrogen-bond donors (Lipinski definition) is 2. The number of carbonyl (C=O) groups excluding carboxylic acids is 1. The number of ether oxygens (including phenoxy) is 5. The van der Waals surface area contributed by atoms with Crippen molar-refractivity contribution in [3.63, 3.8) is 0 Å². The maximum atomic E-state index is 14.5. The highest BCUT2D eigenvalue weighted by Gasteiger charge is 2.31. The van der Waals surface area contributed by atoms with E-state index in [0.29, 0.717) is 37.7 Å². The number of nitrogens with one attached hydrogen (secondary N) is 1. The fourth-order valence-corrected chi connectivity index (χ4v) is 7.19. The van der Waals surface area contributed by atoms with Gasteiger partial charge in [-0.2, -0.15) is 0 Å². The summed E-state index contributed by atoms with van der Waals surface area (Å²) in [6, 6.07) is 16.2. The Hall–Kier alpha value is -4.04. The van der Waals surface area contributed by atoms with E-state index in [1.54, 1.807) is 36.1 Å². The lowest BCUT2D eigenvalue weighted by Gasteiger charge is -2.36. The Balaban J connectivity index is 1.40. The summed E-state index contributed by atoms with van der Waals surface area (Å²) >= 11 is 0. The van der Waals surface area contributed by atoms with E-state index < -0.39 is 16.1 Å². The summed E-state index contributed by atoms with van der Waals surface area (Å²) in [5.41, 5.74) is 1.50. The minimum Gasteiger partial charge on any atom is -0.497 e. The standard InChI is InChI=1S/C37H49N3O9S/c1-25-20-40(26(2)23-41)37(42)32-19-29(38-50(43,44)31-13-11-30(45-5)12-14-31)10-16-33(32)49-27(3)8-6-7-17-46-36(25)22-39(4)21-28-9-15-34-35(18-28)48-24-47-34/h9-16,18-19,25-27,36,38,41H,6-8,17,20-24H2,1-5H3/t25-,26-,27+,36+/m0/s1. The zero-order valence-corrected chi connectivity index (χ0v) is 30.3. The van der Waals surface area contributed by atoms with Crippen LogP contribution in [0.15, 0.2) is 65.6 Å². The molecular formula is C37H49N3O9S. The van der Waals surface area contributed by atoms with Crippen LogP contribution in [-0.2, 0) is 21.3 Å². The van der Waals surface area contributed by atoms with Crippen molar-refractivity contribution < 1.29 is 42.0 Å². The van der Waals surface area contributed by atoms with Crippen molar-refractivity contribution in [2.24, 2.45) is 5.92 Å². The van der Waals surface area contributed by atoms with E-state index in [2.05, 4.69) is 9.62 Å². The lowest BCUT2D eigenvalue weighted by Crippen LogP contribution is -2.47. The van der Waals surface area contributed by atoms with Gasteiger partial charge in [-0.3, -0.25) is 14.4 Å². The first-order valence-corrected chi connectivity index (χ1v) is 18.5. The zero-order valence-electron chi connectivity index (χ0n) is 29.5. The number of carbonyl (C=O) groups is 1. The summed E-state index contributed by atoms with van der Waals surface area (Å²) in [6.07, 6.45) is 2.03. The highest BCUT2D eigenvalue weighted by molar-refractivity contribution is 7.92. The quantitative estimate of drug-likeness (QED) is 0.291. The van der Waals surface area contributed by atoms with Crippen molar-refractivity contribution in [3.05, 3.63) is 71.8 Å². The fraction of sp³-hybridized carbons (Fsp3) is 0.486. The van der Waals surface area contributed by atoms with Gasteiger partial charge in [0.25, 0.3) is 15.9 Å². The van der Waals surface area contributed by atoms with Crippen molar-refractivity contribution in [3.8, 4) is 23.0 Å². The van der Waals surface area contributed by atoms with Crippen molar-refractivity contribution in [1.29, 1.82) is 0 Å². The summed E-state index contributed by atoms with van der Waals surface area (Å²) in [7, 11) is -0.432. The van der Waals surface area contributed by atoms with Gasteiger partial charge in [0.1, 0.15) is 11.5 Å². The van der Waals surface area contributed by atoms with Crippen LogP contribution in [0, 0.1) is 5.92 Å². The Morgan fingerprint density at radius 1 is 1.02 bits per heavy atom. The Kier molecular flexibility index (Phi) is 12.5. The monoisotopic (exact) mass is 711 g/mol. The molecule has 2 aliphatic rings. The summed E-state index contributed by atoms with van der Waals surface area (Å²) in [6.45, 7) is 7.88. The van der Waals surface area contributed by atoms with E-state index in [9.17, 15) is 18.3 Å². The van der Waals surface area contributed by atoms with Gasteiger partial charge in [-0.1, -0.05) is 13.0 Å². The van der Waals surface area contributed by atoms with Crippen LogP contribution in [0.4, 0.5) is 5.69 Å². The number of methoxy groups -OCH3 is 1. The molecule has 3 aromatic carbocycles. The Bertz CT molecular complexity index is 1700. The number of amides is 1. The molecule has 50 heavy (non-hydrogen) atoms. The Morgan fingerprint density at radius 2 is 1.76 bits per heavy atom. The summed E-state index contributed by atoms with van der Waals surface area (Å²) < 4.78 is 58.2. The van der Waals surface area contributed by atoms with E-state index >= 15 is 0 Å². The zero-order chi connectivity index (χ0) is 35.8. The molecule has 13 heteroatoms. The average molecular weight is 712 g/mol. The van der Waals surface area contributed by atoms with Crippen LogP contribution in [0.2, 0.25) is 0 Å². The van der Waals surface area contributed by atoms with E-state index in [0.717, 1.165) is 36.3 Å². The van der Waals surface area contributed by atoms with E-state index in [1.807, 2.05) is 39.1 Å². The number of nitrogens with zero attached hydrogens (tertiary/aromatic N) is 2. The second kappa shape index (κ2) is 16.8. The SMILES string of the molecule is COc1ccc(S(=O)(=O)Nc2ccc3c(c2)C(=O)N([C@@H](C)CO)C[C@H](C)[C@@H](CN(C)Cc2ccc4c(c2)OCO4)OCCCC[C@@H](C)O3)cc1. The Labute approximate surface area is 295 Å². The number of aliphatic hydroxyl groups is 1. The molecule has 0 spiro atoms. The van der Waals surface area contributed by atoms with Gasteiger partial charge in [-0.25, -0.2) is 8.42 Å². The van der Waals surface area contributed by atoms with Crippen LogP contribution in [-0.4, -0.2) is 94.7 Å². The third-order valence-corrected chi connectivity index (χ3v) is 10.5. The first-order valence-electron chi connectivity index (χ1n) is 17.1. The fourth-order valence-electron chi connectivity index (χ4n) is 6.14. The van der Waals surface area contributed by atoms with Gasteiger partial charge in [0, 0.05) is 37.8 Å². The van der Waals surface area contributed by atoms with Crippen LogP contribution in [0.3, 0.4) is 0 Å². The molecule has 2 heterocycles. The molecule has 272 valence electrons. The minimum absolute atomic E-state index is 0.0495. The van der Waals surface area contributed by atoms with Gasteiger partial charge in [0.2, 0.25) is 6.79 Å². The summed E-state index contributed by atoms with van der Waals surface area (Å²) in [4.78, 5) is 18.3. The van der Waals surface area contributed by atoms with Crippen LogP contribution < -0.4 is 23.7 Å². The molecule has 0 radical (unpaired) electrons. The molecule has 0 aliphatic carbocycles. The molecule has 0 saturated heterocycles. The lowest BCUT2D eigenvalue weighted by atomic mass is 10.0. The average Bonchev–Trinajstić information content (AvgIpc) is 3.57. The number of rotatable bonds is 10. The number of aliphatic hydroxyl groups excluding tert-OH is 1. The molecular weight excluding hydrogens is 662 g/mol. The van der Waals surface area contributed by atoms with Crippen LogP contribution >= 0.6 is 0 Å². The highest BCUT2D eigenvalue weighted by atomic mass is 32.2. The van der Waals surface area contributed by atoms with Crippen molar-refractivity contribution in [2.75, 3.05) is 52.0 Å². The summed E-state index contributed by atoms with van der Waals surface area (Å²) in [5, 5.41) is 10.3. The topological polar surface area (TPSA) is 136 Å². The van der Waals surface area contributed by atoms with Crippen molar-refractivity contribution >= 4 is 21.6 Å². The maximum Gasteiger partial charge on any atom is 0.261 e. The molecule has 0 bridgehead atoms. The molecule has 0 aromatic heterocycles. The third-order valence-electron chi connectivity index (χ3n) is 9.05. The number of fused-ring (bicyclic) bond motifs is 2. The second-order valence-corrected chi connectivity index (χ2v) is 14.9. The predicted molar refractivity (Wildman–Crippen MR) is 190 cm³/mol. The van der Waals surface area contributed by atoms with Gasteiger partial charge < -0.3 is 33.7 Å². The molecule has 5 rings (SSSR count). The molecule has 2 aliphatic heterocycles. The van der Waals surface area contributed by atoms with Crippen LogP contribution in [0.25, 0.3) is 0 Å². The van der Waals surface area contributed by atoms with Crippen molar-refractivity contribution in [1.82, 2.24) is 9.80 Å². The summed E-state index contributed by atoms with van der Waals surface area (Å²) in [5.74, 6) is 1.87. The largest absolute Gasteiger partial charge is 0.497 e. The number of likely N-dealkylation sites (N-methyl/N-ethyl adjacent to an activating group) is 1. The molecule has 4 atom stereocenters. The number of anilines is 1. The second-order valence-electron chi connectivity index (χ2n) is 13.2. The van der Waals surface area contributed by atoms with E-state index in [-0.39, 0.29) is 53.6 Å². The Morgan fingerprint density at radius 3 is 2.50 bits per heavy atom. The molecule has 0 saturated carbocycles. The van der Waals surface area contributed by atoms with Gasteiger partial charge >= 0.3 is 0 Å². The van der Waals surface area contributed by atoms with Crippen LogP contribution in [0.5, 0.6) is 23.0 Å². The van der Waals surface area contributed by atoms with Crippen molar-refractivity contribution in [2.45, 2.75) is 69.7 Å². The minimum atomic E-state index is -3.98. The molecule has 0 unspecified atom stereocenters. The number of sulfonamides is 1. The van der Waals surface area contributed by atoms with E-state index in [4.69, 9.17) is 23.7 Å². The highest BCUT2D eigenvalue weighted by Crippen LogP contribution is 2.33. The molecule has 3 aromatic rings. The van der Waals surface area contributed by atoms with Gasteiger partial charge in [0.15, 0.2) is 11.5 Å². The first kappa shape index (κ1) is 37.2. The van der Waals surface area contributed by atoms with Gasteiger partial charge in [0.05, 0.1) is 42.4 Å². The first-order chi connectivity index (χ1) is 24.0. The molecule has 1 amide bonds. The van der Waals surface area contributed by atoms with Gasteiger partial charge in [-0.05, 0) is 100 Å². The molecule has 12 nitrogen and oxygen atoms in total.